The highest BCUT2D eigenvalue weighted by Gasteiger charge is 2.08. The van der Waals surface area contributed by atoms with Crippen LogP contribution in [0.2, 0.25) is 5.15 Å². The normalized spacial score (nSPS) is 12.7. The van der Waals surface area contributed by atoms with Crippen LogP contribution in [0.3, 0.4) is 0 Å². The molecule has 0 bridgehead atoms. The minimum absolute atomic E-state index is 0.106. The Morgan fingerprint density at radius 3 is 2.71 bits per heavy atom. The summed E-state index contributed by atoms with van der Waals surface area (Å²) in [5.74, 6) is 0. The van der Waals surface area contributed by atoms with Crippen molar-refractivity contribution >= 4 is 22.9 Å². The highest BCUT2D eigenvalue weighted by atomic mass is 35.5. The maximum Gasteiger partial charge on any atom is 0.129 e. The zero-order chi connectivity index (χ0) is 9.97. The lowest BCUT2D eigenvalue weighted by molar-refractivity contribution is 0.868. The van der Waals surface area contributed by atoms with Gasteiger partial charge in [-0.1, -0.05) is 17.7 Å². The van der Waals surface area contributed by atoms with Crippen LogP contribution in [0.25, 0.3) is 0 Å². The largest absolute Gasteiger partial charge is 0.320 e. The third-order valence-electron chi connectivity index (χ3n) is 2.01. The monoisotopic (exact) mass is 224 g/mol. The van der Waals surface area contributed by atoms with Gasteiger partial charge in [0, 0.05) is 6.20 Å². The van der Waals surface area contributed by atoms with Gasteiger partial charge in [-0.15, -0.1) is 0 Å². The maximum absolute atomic E-state index is 6.03. The average Bonchev–Trinajstić information content (AvgIpc) is 2.71. The van der Waals surface area contributed by atoms with Crippen LogP contribution in [0.5, 0.6) is 0 Å². The fraction of sp³-hybridized carbons (Fsp3) is 0.100. The van der Waals surface area contributed by atoms with Crippen molar-refractivity contribution in [2.24, 2.45) is 5.73 Å². The van der Waals surface area contributed by atoms with E-state index in [1.165, 1.54) is 0 Å². The first-order valence-electron chi connectivity index (χ1n) is 4.16. The van der Waals surface area contributed by atoms with Crippen LogP contribution in [-0.4, -0.2) is 4.98 Å². The topological polar surface area (TPSA) is 38.9 Å². The van der Waals surface area contributed by atoms with E-state index in [9.17, 15) is 0 Å². The van der Waals surface area contributed by atoms with Crippen LogP contribution in [0.1, 0.15) is 17.2 Å². The molecule has 0 aliphatic heterocycles. The number of aromatic nitrogens is 1. The Bertz CT molecular complexity index is 397. The molecule has 0 aliphatic carbocycles. The first-order valence-corrected chi connectivity index (χ1v) is 5.48. The molecule has 0 fully saturated rings. The summed E-state index contributed by atoms with van der Waals surface area (Å²) >= 11 is 7.33. The molecule has 0 unspecified atom stereocenters. The minimum Gasteiger partial charge on any atom is -0.320 e. The molecule has 72 valence electrons. The maximum atomic E-state index is 6.03. The van der Waals surface area contributed by atoms with Gasteiger partial charge in [0.05, 0.1) is 6.04 Å². The summed E-state index contributed by atoms with van der Waals surface area (Å²) in [4.78, 5) is 4.00. The molecule has 0 radical (unpaired) electrons. The van der Waals surface area contributed by atoms with Crippen molar-refractivity contribution in [2.75, 3.05) is 0 Å². The molecule has 2 N–H and O–H groups in total. The summed E-state index contributed by atoms with van der Waals surface area (Å²) in [6.45, 7) is 0. The molecule has 0 spiro atoms. The summed E-state index contributed by atoms with van der Waals surface area (Å²) in [6, 6.07) is 5.57. The SMILES string of the molecule is N[C@H](c1ccc(Cl)nc1)c1ccsc1. The molecule has 0 aromatic carbocycles. The molecule has 0 saturated heterocycles. The van der Waals surface area contributed by atoms with Gasteiger partial charge >= 0.3 is 0 Å². The third-order valence-corrected chi connectivity index (χ3v) is 2.94. The van der Waals surface area contributed by atoms with Gasteiger partial charge in [0.2, 0.25) is 0 Å². The summed E-state index contributed by atoms with van der Waals surface area (Å²) in [7, 11) is 0. The van der Waals surface area contributed by atoms with Crippen LogP contribution in [0, 0.1) is 0 Å². The van der Waals surface area contributed by atoms with E-state index in [0.29, 0.717) is 5.15 Å². The molecule has 2 heterocycles. The van der Waals surface area contributed by atoms with E-state index in [1.54, 1.807) is 23.6 Å². The van der Waals surface area contributed by atoms with Gasteiger partial charge in [0.15, 0.2) is 0 Å². The van der Waals surface area contributed by atoms with Crippen LogP contribution < -0.4 is 5.73 Å². The summed E-state index contributed by atoms with van der Waals surface area (Å²) in [5, 5.41) is 4.55. The van der Waals surface area contributed by atoms with Crippen LogP contribution in [-0.2, 0) is 0 Å². The molecule has 0 saturated carbocycles. The van der Waals surface area contributed by atoms with E-state index in [-0.39, 0.29) is 6.04 Å². The molecular weight excluding hydrogens is 216 g/mol. The fourth-order valence-electron chi connectivity index (χ4n) is 1.22. The van der Waals surface area contributed by atoms with Gasteiger partial charge in [-0.05, 0) is 34.0 Å². The molecule has 14 heavy (non-hydrogen) atoms. The van der Waals surface area contributed by atoms with E-state index in [1.807, 2.05) is 22.9 Å². The minimum atomic E-state index is -0.106. The molecule has 4 heteroatoms. The lowest BCUT2D eigenvalue weighted by Gasteiger charge is -2.09. The van der Waals surface area contributed by atoms with E-state index in [0.717, 1.165) is 11.1 Å². The Kier molecular flexibility index (Phi) is 2.82. The average molecular weight is 225 g/mol. The molecule has 2 aromatic heterocycles. The Hall–Kier alpha value is -0.900. The number of pyridine rings is 1. The van der Waals surface area contributed by atoms with Gasteiger partial charge in [0.1, 0.15) is 5.15 Å². The van der Waals surface area contributed by atoms with Crippen molar-refractivity contribution in [2.45, 2.75) is 6.04 Å². The molecule has 0 aliphatic rings. The standard InChI is InChI=1S/C10H9ClN2S/c11-9-2-1-7(5-13-9)10(12)8-3-4-14-6-8/h1-6,10H,12H2/t10-/m1/s1. The highest BCUT2D eigenvalue weighted by molar-refractivity contribution is 7.08. The van der Waals surface area contributed by atoms with Gasteiger partial charge in [-0.3, -0.25) is 0 Å². The number of halogens is 1. The van der Waals surface area contributed by atoms with Crippen molar-refractivity contribution in [3.05, 3.63) is 51.4 Å². The van der Waals surface area contributed by atoms with Crippen LogP contribution in [0.4, 0.5) is 0 Å². The third kappa shape index (κ3) is 1.95. The van der Waals surface area contributed by atoms with Crippen LogP contribution >= 0.6 is 22.9 Å². The van der Waals surface area contributed by atoms with Gasteiger partial charge in [0.25, 0.3) is 0 Å². The zero-order valence-corrected chi connectivity index (χ0v) is 8.92. The Balaban J connectivity index is 2.28. The first-order chi connectivity index (χ1) is 6.77. The lowest BCUT2D eigenvalue weighted by atomic mass is 10.1. The van der Waals surface area contributed by atoms with Gasteiger partial charge in [-0.2, -0.15) is 11.3 Å². The molecule has 2 nitrogen and oxygen atoms in total. The van der Waals surface area contributed by atoms with E-state index in [2.05, 4.69) is 4.98 Å². The van der Waals surface area contributed by atoms with Gasteiger partial charge < -0.3 is 5.73 Å². The summed E-state index contributed by atoms with van der Waals surface area (Å²) in [6.07, 6.45) is 1.71. The number of thiophene rings is 1. The molecule has 2 aromatic rings. The number of nitrogens with zero attached hydrogens (tertiary/aromatic N) is 1. The van der Waals surface area contributed by atoms with Crippen molar-refractivity contribution in [1.29, 1.82) is 0 Å². The van der Waals surface area contributed by atoms with Crippen molar-refractivity contribution < 1.29 is 0 Å². The van der Waals surface area contributed by atoms with Crippen LogP contribution in [0.15, 0.2) is 35.2 Å². The first kappa shape index (κ1) is 9.65. The zero-order valence-electron chi connectivity index (χ0n) is 7.35. The van der Waals surface area contributed by atoms with Crippen molar-refractivity contribution in [3.8, 4) is 0 Å². The quantitative estimate of drug-likeness (QED) is 0.797. The number of hydrogen-bond donors (Lipinski definition) is 1. The second-order valence-electron chi connectivity index (χ2n) is 2.95. The molecule has 2 rings (SSSR count). The molecular formula is C10H9ClN2S. The van der Waals surface area contributed by atoms with Gasteiger partial charge in [-0.25, -0.2) is 4.98 Å². The predicted molar refractivity (Wildman–Crippen MR) is 59.6 cm³/mol. The second kappa shape index (κ2) is 4.09. The van der Waals surface area contributed by atoms with E-state index in [4.69, 9.17) is 17.3 Å². The number of nitrogens with two attached hydrogens (primary N) is 1. The van der Waals surface area contributed by atoms with Crippen molar-refractivity contribution in [3.63, 3.8) is 0 Å². The summed E-state index contributed by atoms with van der Waals surface area (Å²) < 4.78 is 0. The Morgan fingerprint density at radius 2 is 2.14 bits per heavy atom. The molecule has 1 atom stereocenters. The van der Waals surface area contributed by atoms with E-state index < -0.39 is 0 Å². The number of hydrogen-bond acceptors (Lipinski definition) is 3. The smallest absolute Gasteiger partial charge is 0.129 e. The van der Waals surface area contributed by atoms with Crippen molar-refractivity contribution in [1.82, 2.24) is 4.98 Å². The Labute approximate surface area is 91.4 Å². The lowest BCUT2D eigenvalue weighted by Crippen LogP contribution is -2.10. The summed E-state index contributed by atoms with van der Waals surface area (Å²) in [5.41, 5.74) is 8.12. The fourth-order valence-corrected chi connectivity index (χ4v) is 2.02. The molecule has 0 amide bonds. The van der Waals surface area contributed by atoms with E-state index >= 15 is 0 Å². The highest BCUT2D eigenvalue weighted by Crippen LogP contribution is 2.21. The predicted octanol–water partition coefficient (Wildman–Crippen LogP) is 2.84. The number of rotatable bonds is 2. The Morgan fingerprint density at radius 1 is 1.29 bits per heavy atom. The second-order valence-corrected chi connectivity index (χ2v) is 4.12.